The molecule has 0 radical (unpaired) electrons. The molecule has 8 heteroatoms. The summed E-state index contributed by atoms with van der Waals surface area (Å²) >= 11 is 0. The van der Waals surface area contributed by atoms with Gasteiger partial charge in [-0.15, -0.1) is 0 Å². The van der Waals surface area contributed by atoms with Gasteiger partial charge < -0.3 is 10.2 Å². The normalized spacial score (nSPS) is 12.3. The number of amides is 2. The fourth-order valence-electron chi connectivity index (χ4n) is 3.94. The van der Waals surface area contributed by atoms with Crippen LogP contribution in [-0.2, 0) is 32.6 Å². The van der Waals surface area contributed by atoms with Gasteiger partial charge in [0.15, 0.2) is 0 Å². The van der Waals surface area contributed by atoms with E-state index in [0.29, 0.717) is 31.1 Å². The lowest BCUT2D eigenvalue weighted by atomic mass is 10.1. The highest BCUT2D eigenvalue weighted by Crippen LogP contribution is 2.20. The number of hydrogen-bond acceptors (Lipinski definition) is 4. The molecule has 2 aromatic carbocycles. The van der Waals surface area contributed by atoms with E-state index in [4.69, 9.17) is 0 Å². The van der Waals surface area contributed by atoms with Crippen molar-refractivity contribution in [1.29, 1.82) is 0 Å². The van der Waals surface area contributed by atoms with E-state index in [9.17, 15) is 18.0 Å². The zero-order valence-electron chi connectivity index (χ0n) is 22.5. The van der Waals surface area contributed by atoms with E-state index in [1.807, 2.05) is 64.1 Å². The van der Waals surface area contributed by atoms with Gasteiger partial charge in [0.25, 0.3) is 0 Å². The van der Waals surface area contributed by atoms with Gasteiger partial charge in [-0.3, -0.25) is 13.9 Å². The van der Waals surface area contributed by atoms with Crippen LogP contribution in [-0.4, -0.2) is 50.5 Å². The smallest absolute Gasteiger partial charge is 0.242 e. The lowest BCUT2D eigenvalue weighted by Gasteiger charge is -2.30. The molecule has 0 aliphatic carbocycles. The van der Waals surface area contributed by atoms with Crippen molar-refractivity contribution in [2.45, 2.75) is 66.5 Å². The summed E-state index contributed by atoms with van der Waals surface area (Å²) < 4.78 is 26.3. The van der Waals surface area contributed by atoms with E-state index in [2.05, 4.69) is 5.32 Å². The number of benzene rings is 2. The van der Waals surface area contributed by atoms with Crippen LogP contribution in [0, 0.1) is 12.8 Å². The third-order valence-electron chi connectivity index (χ3n) is 6.07. The van der Waals surface area contributed by atoms with Gasteiger partial charge in [-0.2, -0.15) is 0 Å². The highest BCUT2D eigenvalue weighted by Gasteiger charge is 2.26. The molecule has 0 fully saturated rings. The Morgan fingerprint density at radius 2 is 1.67 bits per heavy atom. The van der Waals surface area contributed by atoms with Crippen LogP contribution in [0.3, 0.4) is 0 Å². The molecule has 1 unspecified atom stereocenters. The zero-order chi connectivity index (χ0) is 26.9. The number of carbonyl (C=O) groups excluding carboxylic acids is 2. The van der Waals surface area contributed by atoms with Crippen molar-refractivity contribution in [2.24, 2.45) is 5.92 Å². The maximum atomic E-state index is 13.3. The highest BCUT2D eigenvalue weighted by molar-refractivity contribution is 7.92. The summed E-state index contributed by atoms with van der Waals surface area (Å²) in [5.74, 6) is -0.0765. The van der Waals surface area contributed by atoms with Crippen molar-refractivity contribution in [2.75, 3.05) is 23.7 Å². The molecule has 7 nitrogen and oxygen atoms in total. The molecule has 0 heterocycles. The molecule has 36 heavy (non-hydrogen) atoms. The third-order valence-corrected chi connectivity index (χ3v) is 7.27. The monoisotopic (exact) mass is 515 g/mol. The van der Waals surface area contributed by atoms with E-state index < -0.39 is 16.1 Å². The van der Waals surface area contributed by atoms with E-state index in [-0.39, 0.29) is 24.8 Å². The summed E-state index contributed by atoms with van der Waals surface area (Å²) in [6.07, 6.45) is 2.51. The minimum Gasteiger partial charge on any atom is -0.354 e. The fourth-order valence-corrected chi connectivity index (χ4v) is 4.91. The van der Waals surface area contributed by atoms with Gasteiger partial charge in [-0.25, -0.2) is 8.42 Å². The molecule has 2 rings (SSSR count). The summed E-state index contributed by atoms with van der Waals surface area (Å²) in [6, 6.07) is 14.6. The van der Waals surface area contributed by atoms with Crippen LogP contribution in [0.25, 0.3) is 0 Å². The number of carbonyl (C=O) groups is 2. The Morgan fingerprint density at radius 1 is 1.00 bits per heavy atom. The summed E-state index contributed by atoms with van der Waals surface area (Å²) in [5, 5.41) is 2.92. The Balaban J connectivity index is 2.15. The van der Waals surface area contributed by atoms with Gasteiger partial charge in [0.2, 0.25) is 21.8 Å². The van der Waals surface area contributed by atoms with E-state index in [1.165, 1.54) is 10.6 Å². The molecule has 198 valence electrons. The topological polar surface area (TPSA) is 86.8 Å². The average Bonchev–Trinajstić information content (AvgIpc) is 2.82. The Labute approximate surface area is 216 Å². The SMILES string of the molecule is CCc1ccc(N(CCCC(=O)N(Cc2cccc(C)c2)C(C)C(=O)NCC(C)C)S(C)(=O)=O)cc1. The molecule has 0 spiro atoms. The summed E-state index contributed by atoms with van der Waals surface area (Å²) in [7, 11) is -3.51. The van der Waals surface area contributed by atoms with Gasteiger partial charge in [-0.1, -0.05) is 62.7 Å². The minimum atomic E-state index is -3.51. The van der Waals surface area contributed by atoms with Crippen LogP contribution in [0.1, 0.15) is 57.2 Å². The van der Waals surface area contributed by atoms with Gasteiger partial charge in [0, 0.05) is 26.1 Å². The molecule has 0 aliphatic rings. The Kier molecular flexibility index (Phi) is 11.0. The third kappa shape index (κ3) is 8.97. The number of aryl methyl sites for hydroxylation is 2. The quantitative estimate of drug-likeness (QED) is 0.431. The van der Waals surface area contributed by atoms with Crippen LogP contribution in [0.2, 0.25) is 0 Å². The van der Waals surface area contributed by atoms with Crippen LogP contribution in [0.4, 0.5) is 5.69 Å². The zero-order valence-corrected chi connectivity index (χ0v) is 23.3. The minimum absolute atomic E-state index is 0.132. The second-order valence-electron chi connectivity index (χ2n) is 9.78. The molecule has 0 bridgehead atoms. The van der Waals surface area contributed by atoms with E-state index in [0.717, 1.165) is 23.1 Å². The lowest BCUT2D eigenvalue weighted by molar-refractivity contribution is -0.140. The second-order valence-corrected chi connectivity index (χ2v) is 11.7. The predicted molar refractivity (Wildman–Crippen MR) is 146 cm³/mol. The van der Waals surface area contributed by atoms with Gasteiger partial charge in [0.1, 0.15) is 6.04 Å². The molecule has 2 amide bonds. The largest absolute Gasteiger partial charge is 0.354 e. The van der Waals surface area contributed by atoms with Gasteiger partial charge >= 0.3 is 0 Å². The Hall–Kier alpha value is -2.87. The van der Waals surface area contributed by atoms with Crippen molar-refractivity contribution >= 4 is 27.5 Å². The van der Waals surface area contributed by atoms with Gasteiger partial charge in [0.05, 0.1) is 11.9 Å². The summed E-state index contributed by atoms with van der Waals surface area (Å²) in [5.41, 5.74) is 3.73. The summed E-state index contributed by atoms with van der Waals surface area (Å²) in [6.45, 7) is 10.8. The molecule has 0 saturated heterocycles. The number of hydrogen-bond donors (Lipinski definition) is 1. The Bertz CT molecular complexity index is 1110. The average molecular weight is 516 g/mol. The summed E-state index contributed by atoms with van der Waals surface area (Å²) in [4.78, 5) is 27.7. The molecular formula is C28H41N3O4S. The van der Waals surface area contributed by atoms with E-state index >= 15 is 0 Å². The van der Waals surface area contributed by atoms with Crippen LogP contribution in [0.15, 0.2) is 48.5 Å². The fraction of sp³-hybridized carbons (Fsp3) is 0.500. The van der Waals surface area contributed by atoms with Crippen molar-refractivity contribution in [3.05, 3.63) is 65.2 Å². The maximum Gasteiger partial charge on any atom is 0.242 e. The second kappa shape index (κ2) is 13.4. The van der Waals surface area contributed by atoms with Crippen LogP contribution < -0.4 is 9.62 Å². The van der Waals surface area contributed by atoms with Crippen LogP contribution >= 0.6 is 0 Å². The standard InChI is InChI=1S/C28H41N3O4S/c1-7-24-13-15-26(16-14-24)31(36(6,34)35)17-9-12-27(32)30(20-25-11-8-10-22(4)18-25)23(5)28(33)29-19-21(2)3/h8,10-11,13-16,18,21,23H,7,9,12,17,19-20H2,1-6H3,(H,29,33). The number of sulfonamides is 1. The number of nitrogens with zero attached hydrogens (tertiary/aromatic N) is 2. The molecule has 1 atom stereocenters. The van der Waals surface area contributed by atoms with Crippen molar-refractivity contribution in [3.63, 3.8) is 0 Å². The molecule has 0 aromatic heterocycles. The molecule has 1 N–H and O–H groups in total. The number of nitrogens with one attached hydrogen (secondary N) is 1. The molecule has 0 aliphatic heterocycles. The number of anilines is 1. The first kappa shape index (κ1) is 29.4. The maximum absolute atomic E-state index is 13.3. The molecular weight excluding hydrogens is 474 g/mol. The first-order valence-electron chi connectivity index (χ1n) is 12.6. The van der Waals surface area contributed by atoms with Crippen LogP contribution in [0.5, 0.6) is 0 Å². The Morgan fingerprint density at radius 3 is 2.22 bits per heavy atom. The van der Waals surface area contributed by atoms with Crippen molar-refractivity contribution < 1.29 is 18.0 Å². The van der Waals surface area contributed by atoms with Crippen molar-refractivity contribution in [1.82, 2.24) is 10.2 Å². The highest BCUT2D eigenvalue weighted by atomic mass is 32.2. The van der Waals surface area contributed by atoms with Gasteiger partial charge in [-0.05, 0) is 55.9 Å². The first-order valence-corrected chi connectivity index (χ1v) is 14.5. The van der Waals surface area contributed by atoms with E-state index in [1.54, 1.807) is 24.0 Å². The first-order chi connectivity index (χ1) is 16.9. The molecule has 0 saturated carbocycles. The number of rotatable bonds is 13. The van der Waals surface area contributed by atoms with Crippen molar-refractivity contribution in [3.8, 4) is 0 Å². The molecule has 2 aromatic rings. The predicted octanol–water partition coefficient (Wildman–Crippen LogP) is 4.29. The lowest BCUT2D eigenvalue weighted by Crippen LogP contribution is -2.48.